The number of hydrogen-bond donors (Lipinski definition) is 2. The Balaban J connectivity index is 1.54. The molecule has 0 saturated carbocycles. The SMILES string of the molecule is CCCCCCCCCCCCC/C=C/[C@@H](OC(=O)CCC(=O)OCCSC(C)(C)SCCOC(=O)Cc1cccc2c(=O)c3ccc(C)c(C)c3oc12)[C@H](COP(=O)(O)OCC[N+](C)(C)C)NC(=O)CCCCCCCCCCCCCCC. The molecule has 3 atom stereocenters. The molecule has 0 aliphatic rings. The summed E-state index contributed by atoms with van der Waals surface area (Å²) in [7, 11) is 1.24. The number of aryl methyl sites for hydroxylation is 2. The minimum atomic E-state index is -4.57. The number of amides is 1. The molecule has 3 aromatic rings. The quantitative estimate of drug-likeness (QED) is 0.00792. The van der Waals surface area contributed by atoms with Gasteiger partial charge in [0.2, 0.25) is 11.3 Å². The van der Waals surface area contributed by atoms with Gasteiger partial charge in [0, 0.05) is 23.5 Å². The predicted molar refractivity (Wildman–Crippen MR) is 350 cm³/mol. The number of unbranched alkanes of at least 4 members (excludes halogenated alkanes) is 23. The number of ether oxygens (including phenoxy) is 3. The summed E-state index contributed by atoms with van der Waals surface area (Å²) < 4.78 is 47.6. The number of quaternary nitrogens is 1. The number of nitrogens with one attached hydrogen (secondary N) is 1. The molecule has 0 aliphatic carbocycles. The largest absolute Gasteiger partial charge is 0.472 e. The van der Waals surface area contributed by atoms with Crippen molar-refractivity contribution >= 4 is 77.1 Å². The van der Waals surface area contributed by atoms with Crippen molar-refractivity contribution in [1.29, 1.82) is 0 Å². The average Bonchev–Trinajstić information content (AvgIpc) is 1.49. The molecule has 1 aromatic heterocycles. The van der Waals surface area contributed by atoms with E-state index >= 15 is 0 Å². The lowest BCUT2D eigenvalue weighted by Gasteiger charge is -2.27. The maximum atomic E-state index is 13.6. The maximum Gasteiger partial charge on any atom is 0.472 e. The standard InChI is InChI=1S/C67H109N2O13PS2/c1-10-12-14-16-18-20-22-24-26-28-30-32-34-39-59(58(52-80-83(75,76)79-46-45-69(7,8)9)68-60(70)40-35-33-31-29-27-25-23-21-19-17-15-13-11-2)81-62(72)44-43-61(71)77-47-49-84-67(5,6)85-50-48-78-63(73)51-55-37-36-38-56-64(74)57-42-41-53(3)54(4)65(57)82-66(55)56/h34,36-39,41-42,58-59H,10-33,35,40,43-52H2,1-9H3,(H-,68,70,75,76)/p+1/b39-34+/t58-,59+/m0/s1. The lowest BCUT2D eigenvalue weighted by molar-refractivity contribution is -0.870. The van der Waals surface area contributed by atoms with E-state index in [1.54, 1.807) is 53.9 Å². The van der Waals surface area contributed by atoms with Crippen LogP contribution in [0.4, 0.5) is 0 Å². The van der Waals surface area contributed by atoms with Crippen molar-refractivity contribution < 1.29 is 60.8 Å². The van der Waals surface area contributed by atoms with Crippen LogP contribution < -0.4 is 10.7 Å². The van der Waals surface area contributed by atoms with Gasteiger partial charge in [0.15, 0.2) is 0 Å². The predicted octanol–water partition coefficient (Wildman–Crippen LogP) is 16.1. The number of likely N-dealkylation sites (N-methyl/N-ethyl adjacent to an activating group) is 1. The summed E-state index contributed by atoms with van der Waals surface area (Å²) in [5.41, 5.74) is 3.23. The number of carbonyl (C=O) groups is 4. The van der Waals surface area contributed by atoms with E-state index < -0.39 is 44.5 Å². The third-order valence-corrected chi connectivity index (χ3v) is 19.0. The molecule has 0 saturated heterocycles. The number of allylic oxidation sites excluding steroid dienone is 1. The maximum absolute atomic E-state index is 13.6. The summed E-state index contributed by atoms with van der Waals surface area (Å²) >= 11 is 3.18. The molecule has 1 unspecified atom stereocenters. The van der Waals surface area contributed by atoms with Crippen molar-refractivity contribution in [1.82, 2.24) is 5.32 Å². The van der Waals surface area contributed by atoms with Gasteiger partial charge < -0.3 is 33.3 Å². The van der Waals surface area contributed by atoms with E-state index in [1.165, 1.54) is 109 Å². The van der Waals surface area contributed by atoms with Gasteiger partial charge in [-0.3, -0.25) is 33.0 Å². The van der Waals surface area contributed by atoms with Crippen LogP contribution in [0.5, 0.6) is 0 Å². The molecular formula is C67H110N2O13PS2+. The molecule has 1 amide bonds. The zero-order valence-corrected chi connectivity index (χ0v) is 56.2. The fourth-order valence-corrected chi connectivity index (χ4v) is 12.7. The molecule has 2 aromatic carbocycles. The van der Waals surface area contributed by atoms with Crippen LogP contribution in [0.15, 0.2) is 51.7 Å². The number of phosphoric acid groups is 1. The molecule has 2 N–H and O–H groups in total. The minimum absolute atomic E-state index is 0.0355. The highest BCUT2D eigenvalue weighted by molar-refractivity contribution is 8.18. The van der Waals surface area contributed by atoms with Crippen LogP contribution in [0.3, 0.4) is 0 Å². The molecular weight excluding hydrogens is 1140 g/mol. The third kappa shape index (κ3) is 34.0. The highest BCUT2D eigenvalue weighted by Crippen LogP contribution is 2.43. The number of phosphoric ester groups is 1. The second kappa shape index (κ2) is 43.1. The van der Waals surface area contributed by atoms with Gasteiger partial charge in [-0.2, -0.15) is 0 Å². The second-order valence-electron chi connectivity index (χ2n) is 24.3. The van der Waals surface area contributed by atoms with Gasteiger partial charge in [-0.15, -0.1) is 23.5 Å². The van der Waals surface area contributed by atoms with E-state index in [-0.39, 0.29) is 60.9 Å². The summed E-state index contributed by atoms with van der Waals surface area (Å²) in [6.07, 6.45) is 31.5. The fraction of sp³-hybridized carbons (Fsp3) is 0.716. The van der Waals surface area contributed by atoms with Crippen molar-refractivity contribution in [3.63, 3.8) is 0 Å². The van der Waals surface area contributed by atoms with Gasteiger partial charge in [0.1, 0.15) is 43.6 Å². The van der Waals surface area contributed by atoms with Crippen molar-refractivity contribution in [2.75, 3.05) is 65.6 Å². The molecule has 15 nitrogen and oxygen atoms in total. The molecule has 0 aliphatic heterocycles. The number of esters is 3. The van der Waals surface area contributed by atoms with Gasteiger partial charge in [-0.05, 0) is 76.3 Å². The lowest BCUT2D eigenvalue weighted by atomic mass is 10.0. The van der Waals surface area contributed by atoms with E-state index in [4.69, 9.17) is 27.7 Å². The van der Waals surface area contributed by atoms with Crippen LogP contribution in [-0.2, 0) is 53.4 Å². The summed E-state index contributed by atoms with van der Waals surface area (Å²) in [4.78, 5) is 77.2. The van der Waals surface area contributed by atoms with Crippen LogP contribution in [0.2, 0.25) is 0 Å². The van der Waals surface area contributed by atoms with Crippen molar-refractivity contribution in [2.45, 2.75) is 244 Å². The molecule has 3 rings (SSSR count). The zero-order chi connectivity index (χ0) is 62.4. The Morgan fingerprint density at radius 3 is 1.74 bits per heavy atom. The number of hydrogen-bond acceptors (Lipinski definition) is 14. The van der Waals surface area contributed by atoms with Crippen LogP contribution in [-0.4, -0.2) is 115 Å². The first-order chi connectivity index (χ1) is 40.6. The summed E-state index contributed by atoms with van der Waals surface area (Å²) in [6, 6.07) is 7.88. The Morgan fingerprint density at radius 1 is 0.659 bits per heavy atom. The molecule has 0 bridgehead atoms. The first-order valence-electron chi connectivity index (χ1n) is 32.3. The first-order valence-corrected chi connectivity index (χ1v) is 35.7. The number of thioether (sulfide) groups is 2. The molecule has 0 spiro atoms. The van der Waals surface area contributed by atoms with Gasteiger partial charge in [-0.1, -0.05) is 179 Å². The van der Waals surface area contributed by atoms with Gasteiger partial charge in [-0.25, -0.2) is 4.57 Å². The number of benzene rings is 2. The minimum Gasteiger partial charge on any atom is -0.465 e. The molecule has 18 heteroatoms. The van der Waals surface area contributed by atoms with E-state index in [0.29, 0.717) is 62.9 Å². The number of fused-ring (bicyclic) bond motifs is 2. The summed E-state index contributed by atoms with van der Waals surface area (Å²) in [5, 5.41) is 3.88. The molecule has 85 heavy (non-hydrogen) atoms. The molecule has 0 fully saturated rings. The normalized spacial score (nSPS) is 13.5. The fourth-order valence-electron chi connectivity index (χ4n) is 9.85. The smallest absolute Gasteiger partial charge is 0.465 e. The van der Waals surface area contributed by atoms with Crippen molar-refractivity contribution in [3.05, 3.63) is 69.4 Å². The highest BCUT2D eigenvalue weighted by Gasteiger charge is 2.31. The van der Waals surface area contributed by atoms with Crippen LogP contribution in [0.25, 0.3) is 21.9 Å². The van der Waals surface area contributed by atoms with Crippen molar-refractivity contribution in [3.8, 4) is 0 Å². The Hall–Kier alpha value is -3.70. The number of nitrogens with zero attached hydrogens (tertiary/aromatic N) is 1. The third-order valence-electron chi connectivity index (χ3n) is 15.2. The lowest BCUT2D eigenvalue weighted by Crippen LogP contribution is -2.47. The molecule has 482 valence electrons. The van der Waals surface area contributed by atoms with Crippen LogP contribution in [0, 0.1) is 13.8 Å². The highest BCUT2D eigenvalue weighted by atomic mass is 32.2. The first kappa shape index (κ1) is 75.5. The Labute approximate surface area is 519 Å². The Morgan fingerprint density at radius 2 is 1.18 bits per heavy atom. The Bertz CT molecular complexity index is 2550. The van der Waals surface area contributed by atoms with Crippen molar-refractivity contribution in [2.24, 2.45) is 0 Å². The summed E-state index contributed by atoms with van der Waals surface area (Å²) in [6.45, 7) is 12.7. The molecule has 1 heterocycles. The average molecular weight is 1250 g/mol. The summed E-state index contributed by atoms with van der Waals surface area (Å²) in [5.74, 6) is -0.972. The van der Waals surface area contributed by atoms with Crippen LogP contribution >= 0.6 is 31.3 Å². The number of rotatable bonds is 50. The van der Waals surface area contributed by atoms with E-state index in [1.807, 2.05) is 61.0 Å². The monoisotopic (exact) mass is 1250 g/mol. The second-order valence-corrected chi connectivity index (χ2v) is 29.5. The van der Waals surface area contributed by atoms with Gasteiger partial charge in [0.25, 0.3) is 0 Å². The molecule has 0 radical (unpaired) electrons. The van der Waals surface area contributed by atoms with E-state index in [9.17, 15) is 33.4 Å². The zero-order valence-electron chi connectivity index (χ0n) is 53.7. The van der Waals surface area contributed by atoms with E-state index in [0.717, 1.165) is 49.7 Å². The van der Waals surface area contributed by atoms with Crippen LogP contribution in [0.1, 0.15) is 224 Å². The Kier molecular flexibility index (Phi) is 38.3. The number of carbonyl (C=O) groups excluding carboxylic acids is 4. The van der Waals surface area contributed by atoms with E-state index in [2.05, 4.69) is 19.2 Å². The number of para-hydroxylation sites is 1. The van der Waals surface area contributed by atoms with Gasteiger partial charge >= 0.3 is 25.7 Å². The van der Waals surface area contributed by atoms with Gasteiger partial charge in [0.05, 0.1) is 67.9 Å². The topological polar surface area (TPSA) is 194 Å².